The molecule has 1 atom stereocenters. The van der Waals surface area contributed by atoms with E-state index in [9.17, 15) is 0 Å². The van der Waals surface area contributed by atoms with Crippen molar-refractivity contribution in [1.82, 2.24) is 15.2 Å². The summed E-state index contributed by atoms with van der Waals surface area (Å²) in [6.45, 7) is 4.41. The lowest BCUT2D eigenvalue weighted by Gasteiger charge is -2.10. The Balaban J connectivity index is 2.04. The van der Waals surface area contributed by atoms with Gasteiger partial charge in [-0.25, -0.2) is 4.98 Å². The molecule has 0 spiro atoms. The zero-order valence-corrected chi connectivity index (χ0v) is 11.7. The third-order valence-electron chi connectivity index (χ3n) is 3.14. The van der Waals surface area contributed by atoms with Crippen LogP contribution >= 0.6 is 12.2 Å². The van der Waals surface area contributed by atoms with Gasteiger partial charge in [0.2, 0.25) is 4.77 Å². The maximum atomic E-state index is 4.95. The van der Waals surface area contributed by atoms with Crippen molar-refractivity contribution in [2.75, 3.05) is 0 Å². The molecule has 0 saturated carbocycles. The molecule has 1 aromatic carbocycles. The number of rotatable bonds is 5. The molecule has 0 saturated heterocycles. The lowest BCUT2D eigenvalue weighted by atomic mass is 9.96. The van der Waals surface area contributed by atoms with Gasteiger partial charge < -0.3 is 0 Å². The molecule has 1 heterocycles. The predicted octanol–water partition coefficient (Wildman–Crippen LogP) is 3.77. The molecule has 4 heteroatoms. The Morgan fingerprint density at radius 1 is 1.22 bits per heavy atom. The van der Waals surface area contributed by atoms with Crippen molar-refractivity contribution in [2.45, 2.75) is 39.0 Å². The topological polar surface area (TPSA) is 44.5 Å². The second-order valence-electron chi connectivity index (χ2n) is 4.71. The fourth-order valence-corrected chi connectivity index (χ4v) is 2.27. The lowest BCUT2D eigenvalue weighted by molar-refractivity contribution is 0.720. The third-order valence-corrected chi connectivity index (χ3v) is 3.33. The van der Waals surface area contributed by atoms with Crippen molar-refractivity contribution >= 4 is 12.2 Å². The molecule has 0 aliphatic heterocycles. The highest BCUT2D eigenvalue weighted by atomic mass is 32.1. The van der Waals surface area contributed by atoms with Gasteiger partial charge in [-0.15, -0.1) is 0 Å². The summed E-state index contributed by atoms with van der Waals surface area (Å²) in [5.74, 6) is 1.36. The first-order valence-corrected chi connectivity index (χ1v) is 6.82. The Labute approximate surface area is 113 Å². The molecule has 3 nitrogen and oxygen atoms in total. The fourth-order valence-electron chi connectivity index (χ4n) is 2.11. The summed E-state index contributed by atoms with van der Waals surface area (Å²) in [6, 6.07) is 8.89. The van der Waals surface area contributed by atoms with Gasteiger partial charge in [0.05, 0.1) is 0 Å². The first-order chi connectivity index (χ1) is 8.69. The number of hydrogen-bond acceptors (Lipinski definition) is 2. The molecular formula is C14H19N3S. The van der Waals surface area contributed by atoms with E-state index in [0.29, 0.717) is 10.7 Å². The van der Waals surface area contributed by atoms with Gasteiger partial charge in [-0.1, -0.05) is 44.5 Å². The van der Waals surface area contributed by atoms with Gasteiger partial charge >= 0.3 is 0 Å². The highest BCUT2D eigenvalue weighted by Gasteiger charge is 2.08. The molecule has 2 aromatic rings. The molecule has 0 aliphatic carbocycles. The van der Waals surface area contributed by atoms with Gasteiger partial charge in [0.15, 0.2) is 0 Å². The number of aromatic nitrogens is 3. The molecular weight excluding hydrogens is 242 g/mol. The van der Waals surface area contributed by atoms with Crippen LogP contribution in [0.3, 0.4) is 0 Å². The van der Waals surface area contributed by atoms with Crippen LogP contribution in [0.2, 0.25) is 0 Å². The van der Waals surface area contributed by atoms with E-state index < -0.39 is 0 Å². The molecule has 2 N–H and O–H groups in total. The van der Waals surface area contributed by atoms with Crippen LogP contribution in [0.5, 0.6) is 0 Å². The molecule has 18 heavy (non-hydrogen) atoms. The van der Waals surface area contributed by atoms with Gasteiger partial charge in [0.1, 0.15) is 5.82 Å². The number of aryl methyl sites for hydroxylation is 1. The maximum absolute atomic E-state index is 4.95. The summed E-state index contributed by atoms with van der Waals surface area (Å²) in [5, 5.41) is 5.83. The molecule has 2 rings (SSSR count). The minimum atomic E-state index is 0.439. The van der Waals surface area contributed by atoms with Crippen LogP contribution in [0, 0.1) is 4.77 Å². The van der Waals surface area contributed by atoms with Gasteiger partial charge in [0, 0.05) is 6.42 Å². The first-order valence-electron chi connectivity index (χ1n) is 6.41. The lowest BCUT2D eigenvalue weighted by Crippen LogP contribution is -2.00. The van der Waals surface area contributed by atoms with Crippen molar-refractivity contribution in [2.24, 2.45) is 0 Å². The van der Waals surface area contributed by atoms with Crippen molar-refractivity contribution in [1.29, 1.82) is 0 Å². The summed E-state index contributed by atoms with van der Waals surface area (Å²) in [7, 11) is 0. The van der Waals surface area contributed by atoms with Crippen LogP contribution in [-0.2, 0) is 12.8 Å². The average molecular weight is 261 g/mol. The summed E-state index contributed by atoms with van der Waals surface area (Å²) in [4.78, 5) is 4.23. The van der Waals surface area contributed by atoms with Crippen LogP contribution in [0.1, 0.15) is 43.1 Å². The van der Waals surface area contributed by atoms with E-state index in [1.807, 2.05) is 0 Å². The van der Waals surface area contributed by atoms with Gasteiger partial charge in [-0.3, -0.25) is 10.2 Å². The fraction of sp³-hybridized carbons (Fsp3) is 0.429. The number of H-pyrrole nitrogens is 2. The molecule has 1 aromatic heterocycles. The molecule has 96 valence electrons. The maximum Gasteiger partial charge on any atom is 0.213 e. The van der Waals surface area contributed by atoms with Crippen LogP contribution in [0.25, 0.3) is 0 Å². The Morgan fingerprint density at radius 2 is 1.94 bits per heavy atom. The van der Waals surface area contributed by atoms with Gasteiger partial charge in [-0.2, -0.15) is 0 Å². The molecule has 0 radical (unpaired) electrons. The van der Waals surface area contributed by atoms with E-state index in [1.165, 1.54) is 17.5 Å². The first kappa shape index (κ1) is 13.0. The monoisotopic (exact) mass is 261 g/mol. The smallest absolute Gasteiger partial charge is 0.213 e. The van der Waals surface area contributed by atoms with Crippen molar-refractivity contribution in [3.63, 3.8) is 0 Å². The van der Waals surface area contributed by atoms with E-state index >= 15 is 0 Å². The molecule has 0 amide bonds. The zero-order chi connectivity index (χ0) is 13.0. The predicted molar refractivity (Wildman–Crippen MR) is 76.3 cm³/mol. The standard InChI is InChI=1S/C14H19N3S/c1-3-4-11-5-7-12(8-6-11)10(2)9-13-15-14(18)17-16-13/h5-8,10H,3-4,9H2,1-2H3,(H2,15,16,17,18). The average Bonchev–Trinajstić information content (AvgIpc) is 2.76. The molecule has 1 unspecified atom stereocenters. The summed E-state index contributed by atoms with van der Waals surface area (Å²) >= 11 is 4.95. The quantitative estimate of drug-likeness (QED) is 0.805. The van der Waals surface area contributed by atoms with E-state index in [1.54, 1.807) is 0 Å². The summed E-state index contributed by atoms with van der Waals surface area (Å²) < 4.78 is 0.524. The molecule has 0 aliphatic rings. The Bertz CT molecular complexity index is 539. The zero-order valence-electron chi connectivity index (χ0n) is 10.9. The Morgan fingerprint density at radius 3 is 2.50 bits per heavy atom. The van der Waals surface area contributed by atoms with E-state index in [-0.39, 0.29) is 0 Å². The van der Waals surface area contributed by atoms with Crippen molar-refractivity contribution in [3.8, 4) is 0 Å². The van der Waals surface area contributed by atoms with Crippen LogP contribution < -0.4 is 0 Å². The Hall–Kier alpha value is -1.42. The normalized spacial score (nSPS) is 12.6. The van der Waals surface area contributed by atoms with E-state index in [0.717, 1.165) is 18.7 Å². The number of nitrogens with zero attached hydrogens (tertiary/aromatic N) is 1. The summed E-state index contributed by atoms with van der Waals surface area (Å²) in [5.41, 5.74) is 2.75. The second kappa shape index (κ2) is 5.96. The van der Waals surface area contributed by atoms with Crippen LogP contribution in [0.4, 0.5) is 0 Å². The number of benzene rings is 1. The number of nitrogens with one attached hydrogen (secondary N) is 2. The highest BCUT2D eigenvalue weighted by Crippen LogP contribution is 2.19. The van der Waals surface area contributed by atoms with E-state index in [2.05, 4.69) is 53.3 Å². The molecule has 0 fully saturated rings. The van der Waals surface area contributed by atoms with Gasteiger partial charge in [0.25, 0.3) is 0 Å². The number of aromatic amines is 2. The second-order valence-corrected chi connectivity index (χ2v) is 5.10. The third kappa shape index (κ3) is 3.29. The van der Waals surface area contributed by atoms with Gasteiger partial charge in [-0.05, 0) is 35.7 Å². The molecule has 0 bridgehead atoms. The highest BCUT2D eigenvalue weighted by molar-refractivity contribution is 7.71. The Kier molecular flexibility index (Phi) is 4.31. The van der Waals surface area contributed by atoms with E-state index in [4.69, 9.17) is 12.2 Å². The summed E-state index contributed by atoms with van der Waals surface area (Å²) in [6.07, 6.45) is 3.22. The minimum Gasteiger partial charge on any atom is -0.286 e. The largest absolute Gasteiger partial charge is 0.286 e. The van der Waals surface area contributed by atoms with Crippen LogP contribution in [0.15, 0.2) is 24.3 Å². The number of hydrogen-bond donors (Lipinski definition) is 2. The van der Waals surface area contributed by atoms with Crippen molar-refractivity contribution < 1.29 is 0 Å². The van der Waals surface area contributed by atoms with Crippen molar-refractivity contribution in [3.05, 3.63) is 46.0 Å². The minimum absolute atomic E-state index is 0.439. The van der Waals surface area contributed by atoms with Crippen LogP contribution in [-0.4, -0.2) is 15.2 Å². The SMILES string of the molecule is CCCc1ccc(C(C)Cc2nc(=S)[nH][nH]2)cc1.